The Hall–Kier alpha value is -0.780. The second-order valence-corrected chi connectivity index (χ2v) is 5.69. The number of aliphatic hydroxyl groups excluding tert-OH is 1. The Kier molecular flexibility index (Phi) is 4.87. The van der Waals surface area contributed by atoms with Crippen molar-refractivity contribution in [1.29, 1.82) is 0 Å². The summed E-state index contributed by atoms with van der Waals surface area (Å²) in [6, 6.07) is 0. The Morgan fingerprint density at radius 2 is 1.68 bits per heavy atom. The lowest BCUT2D eigenvalue weighted by molar-refractivity contribution is -0.285. The monoisotopic (exact) mass is 282 g/mol. The molecule has 0 aromatic carbocycles. The van der Waals surface area contributed by atoms with Gasteiger partial charge in [0.15, 0.2) is 0 Å². The van der Waals surface area contributed by atoms with Crippen LogP contribution in [0.5, 0.6) is 0 Å². The summed E-state index contributed by atoms with van der Waals surface area (Å²) in [6.45, 7) is 3.95. The van der Waals surface area contributed by atoms with Gasteiger partial charge < -0.3 is 9.84 Å². The second kappa shape index (κ2) is 5.69. The number of esters is 1. The van der Waals surface area contributed by atoms with Gasteiger partial charge in [0.05, 0.1) is 12.0 Å². The van der Waals surface area contributed by atoms with E-state index in [-0.39, 0.29) is 12.8 Å². The van der Waals surface area contributed by atoms with Gasteiger partial charge in [-0.05, 0) is 32.6 Å². The molecule has 0 amide bonds. The van der Waals surface area contributed by atoms with Gasteiger partial charge in [-0.1, -0.05) is 13.8 Å². The molecule has 0 aromatic rings. The van der Waals surface area contributed by atoms with E-state index in [1.165, 1.54) is 13.8 Å². The minimum atomic E-state index is -4.61. The molecule has 6 heteroatoms. The maximum absolute atomic E-state index is 13.3. The average Bonchev–Trinajstić information content (AvgIpc) is 2.27. The molecular formula is C13H21F3O3. The summed E-state index contributed by atoms with van der Waals surface area (Å²) < 4.78 is 44.6. The zero-order chi connectivity index (χ0) is 14.8. The van der Waals surface area contributed by atoms with E-state index in [4.69, 9.17) is 4.74 Å². The third-order valence-electron chi connectivity index (χ3n) is 3.82. The minimum absolute atomic E-state index is 0.211. The number of hydrogen-bond acceptors (Lipinski definition) is 3. The van der Waals surface area contributed by atoms with Crippen LogP contribution < -0.4 is 0 Å². The van der Waals surface area contributed by atoms with Crippen LogP contribution in [0.3, 0.4) is 0 Å². The maximum Gasteiger partial charge on any atom is 0.428 e. The van der Waals surface area contributed by atoms with Crippen molar-refractivity contribution in [2.45, 2.75) is 64.3 Å². The van der Waals surface area contributed by atoms with Crippen molar-refractivity contribution in [3.63, 3.8) is 0 Å². The van der Waals surface area contributed by atoms with Gasteiger partial charge in [-0.3, -0.25) is 4.79 Å². The molecule has 1 aliphatic carbocycles. The predicted molar refractivity (Wildman–Crippen MR) is 63.4 cm³/mol. The lowest BCUT2D eigenvalue weighted by Crippen LogP contribution is -2.53. The Morgan fingerprint density at radius 1 is 1.21 bits per heavy atom. The van der Waals surface area contributed by atoms with Gasteiger partial charge in [-0.15, -0.1) is 0 Å². The molecule has 0 saturated heterocycles. The fourth-order valence-corrected chi connectivity index (χ4v) is 2.33. The largest absolute Gasteiger partial charge is 0.449 e. The first kappa shape index (κ1) is 16.3. The molecule has 0 bridgehead atoms. The van der Waals surface area contributed by atoms with Crippen LogP contribution in [0.1, 0.15) is 46.5 Å². The zero-order valence-electron chi connectivity index (χ0n) is 11.5. The first-order chi connectivity index (χ1) is 8.58. The normalized spacial score (nSPS) is 28.0. The van der Waals surface area contributed by atoms with E-state index >= 15 is 0 Å². The lowest BCUT2D eigenvalue weighted by atomic mass is 9.76. The molecule has 0 aliphatic heterocycles. The highest BCUT2D eigenvalue weighted by Gasteiger charge is 2.59. The lowest BCUT2D eigenvalue weighted by Gasteiger charge is -2.41. The van der Waals surface area contributed by atoms with Crippen LogP contribution in [0.25, 0.3) is 0 Å². The first-order valence-electron chi connectivity index (χ1n) is 6.55. The Labute approximate surface area is 111 Å². The van der Waals surface area contributed by atoms with Gasteiger partial charge >= 0.3 is 12.1 Å². The van der Waals surface area contributed by atoms with Crippen LogP contribution >= 0.6 is 0 Å². The van der Waals surface area contributed by atoms with E-state index in [0.717, 1.165) is 6.92 Å². The predicted octanol–water partition coefficient (Wildman–Crippen LogP) is 3.06. The number of hydrogen-bond donors (Lipinski definition) is 1. The molecule has 1 unspecified atom stereocenters. The Balaban J connectivity index is 2.90. The summed E-state index contributed by atoms with van der Waals surface area (Å²) in [5.41, 5.74) is -2.46. The van der Waals surface area contributed by atoms with Crippen molar-refractivity contribution < 1.29 is 27.8 Å². The fraction of sp³-hybridized carbons (Fsp3) is 0.923. The quantitative estimate of drug-likeness (QED) is 0.809. The van der Waals surface area contributed by atoms with Crippen molar-refractivity contribution in [3.8, 4) is 0 Å². The molecule has 0 heterocycles. The zero-order valence-corrected chi connectivity index (χ0v) is 11.5. The molecular weight excluding hydrogens is 261 g/mol. The minimum Gasteiger partial charge on any atom is -0.449 e. The van der Waals surface area contributed by atoms with Crippen LogP contribution in [0.4, 0.5) is 13.2 Å². The third-order valence-corrected chi connectivity index (χ3v) is 3.82. The topological polar surface area (TPSA) is 46.5 Å². The molecule has 19 heavy (non-hydrogen) atoms. The molecule has 1 atom stereocenters. The van der Waals surface area contributed by atoms with Crippen molar-refractivity contribution in [2.24, 2.45) is 11.8 Å². The number of carbonyl (C=O) groups excluding carboxylic acids is 1. The summed E-state index contributed by atoms with van der Waals surface area (Å²) >= 11 is 0. The number of carbonyl (C=O) groups is 1. The fourth-order valence-electron chi connectivity index (χ4n) is 2.33. The molecule has 1 saturated carbocycles. The molecule has 112 valence electrons. The molecule has 0 radical (unpaired) electrons. The highest BCUT2D eigenvalue weighted by atomic mass is 19.4. The number of rotatable bonds is 3. The molecule has 1 fully saturated rings. The van der Waals surface area contributed by atoms with E-state index in [2.05, 4.69) is 0 Å². The SMILES string of the molecule is CC(C)C(=O)OC(C)(C1CCC(O)CC1)C(F)(F)F. The van der Waals surface area contributed by atoms with Gasteiger partial charge in [0, 0.05) is 5.92 Å². The van der Waals surface area contributed by atoms with Gasteiger partial charge in [0.2, 0.25) is 5.60 Å². The van der Waals surface area contributed by atoms with Gasteiger partial charge in [0.1, 0.15) is 0 Å². The molecule has 1 rings (SSSR count). The van der Waals surface area contributed by atoms with Gasteiger partial charge in [0.25, 0.3) is 0 Å². The standard InChI is InChI=1S/C13H21F3O3/c1-8(2)11(18)19-12(3,13(14,15)16)9-4-6-10(17)7-5-9/h8-10,17H,4-7H2,1-3H3. The highest BCUT2D eigenvalue weighted by molar-refractivity contribution is 5.72. The van der Waals surface area contributed by atoms with Crippen molar-refractivity contribution >= 4 is 5.97 Å². The van der Waals surface area contributed by atoms with Crippen LogP contribution in [0.15, 0.2) is 0 Å². The van der Waals surface area contributed by atoms with Crippen LogP contribution in [-0.4, -0.2) is 29.0 Å². The summed E-state index contributed by atoms with van der Waals surface area (Å²) in [6.07, 6.45) is -4.10. The highest BCUT2D eigenvalue weighted by Crippen LogP contribution is 2.45. The Bertz CT molecular complexity index is 320. The summed E-state index contributed by atoms with van der Waals surface area (Å²) in [5.74, 6) is -2.24. The van der Waals surface area contributed by atoms with E-state index in [0.29, 0.717) is 12.8 Å². The van der Waals surface area contributed by atoms with Crippen molar-refractivity contribution in [1.82, 2.24) is 0 Å². The number of aliphatic hydroxyl groups is 1. The van der Waals surface area contributed by atoms with E-state index in [1.54, 1.807) is 0 Å². The first-order valence-corrected chi connectivity index (χ1v) is 6.55. The van der Waals surface area contributed by atoms with Gasteiger partial charge in [-0.2, -0.15) is 13.2 Å². The van der Waals surface area contributed by atoms with Crippen molar-refractivity contribution in [2.75, 3.05) is 0 Å². The number of halogens is 3. The summed E-state index contributed by atoms with van der Waals surface area (Å²) in [4.78, 5) is 11.5. The maximum atomic E-state index is 13.3. The number of alkyl halides is 3. The van der Waals surface area contributed by atoms with E-state index in [1.807, 2.05) is 0 Å². The molecule has 0 aromatic heterocycles. The smallest absolute Gasteiger partial charge is 0.428 e. The second-order valence-electron chi connectivity index (χ2n) is 5.69. The Morgan fingerprint density at radius 3 is 2.05 bits per heavy atom. The third kappa shape index (κ3) is 3.61. The van der Waals surface area contributed by atoms with Crippen LogP contribution in [0, 0.1) is 11.8 Å². The van der Waals surface area contributed by atoms with Crippen molar-refractivity contribution in [3.05, 3.63) is 0 Å². The summed E-state index contributed by atoms with van der Waals surface area (Å²) in [5, 5.41) is 9.38. The molecule has 1 aliphatic rings. The van der Waals surface area contributed by atoms with Gasteiger partial charge in [-0.25, -0.2) is 0 Å². The van der Waals surface area contributed by atoms with E-state index < -0.39 is 35.7 Å². The number of ether oxygens (including phenoxy) is 1. The molecule has 3 nitrogen and oxygen atoms in total. The van der Waals surface area contributed by atoms with E-state index in [9.17, 15) is 23.1 Å². The summed E-state index contributed by atoms with van der Waals surface area (Å²) in [7, 11) is 0. The average molecular weight is 282 g/mol. The molecule has 0 spiro atoms. The molecule has 1 N–H and O–H groups in total. The van der Waals surface area contributed by atoms with Crippen LogP contribution in [-0.2, 0) is 9.53 Å². The van der Waals surface area contributed by atoms with Crippen LogP contribution in [0.2, 0.25) is 0 Å².